The average Bonchev–Trinajstić information content (AvgIpc) is 2.74. The summed E-state index contributed by atoms with van der Waals surface area (Å²) >= 11 is 0. The second-order valence-electron chi connectivity index (χ2n) is 6.28. The maximum absolute atomic E-state index is 12.2. The van der Waals surface area contributed by atoms with Crippen LogP contribution in [0.5, 0.6) is 0 Å². The first-order valence-electron chi connectivity index (χ1n) is 8.91. The van der Waals surface area contributed by atoms with E-state index in [9.17, 15) is 4.79 Å². The summed E-state index contributed by atoms with van der Waals surface area (Å²) in [5, 5.41) is 5.04. The monoisotopic (exact) mass is 360 g/mol. The lowest BCUT2D eigenvalue weighted by atomic mass is 10.2. The van der Waals surface area contributed by atoms with Gasteiger partial charge >= 0.3 is 0 Å². The number of hydrogen-bond acceptors (Lipinski definition) is 5. The molecule has 1 aliphatic rings. The minimum Gasteiger partial charge on any atom is -0.378 e. The third-order valence-corrected chi connectivity index (χ3v) is 4.48. The lowest BCUT2D eigenvalue weighted by Gasteiger charge is -2.28. The van der Waals surface area contributed by atoms with Crippen LogP contribution in [0.4, 0.5) is 5.69 Å². The van der Waals surface area contributed by atoms with Crippen LogP contribution in [0.25, 0.3) is 10.9 Å². The molecule has 1 amide bonds. The van der Waals surface area contributed by atoms with Gasteiger partial charge in [-0.2, -0.15) is 5.10 Å². The van der Waals surface area contributed by atoms with Crippen molar-refractivity contribution in [3.05, 3.63) is 71.9 Å². The molecule has 0 unspecified atom stereocenters. The number of nitrogens with zero attached hydrogens (tertiary/aromatic N) is 3. The highest BCUT2D eigenvalue weighted by atomic mass is 16.5. The van der Waals surface area contributed by atoms with E-state index in [4.69, 9.17) is 4.74 Å². The Morgan fingerprint density at radius 1 is 1.04 bits per heavy atom. The van der Waals surface area contributed by atoms with E-state index in [0.29, 0.717) is 5.69 Å². The number of fused-ring (bicyclic) bond motifs is 1. The van der Waals surface area contributed by atoms with Gasteiger partial charge < -0.3 is 9.64 Å². The van der Waals surface area contributed by atoms with Gasteiger partial charge in [0.1, 0.15) is 5.69 Å². The van der Waals surface area contributed by atoms with Crippen LogP contribution in [0, 0.1) is 0 Å². The molecule has 3 aromatic rings. The topological polar surface area (TPSA) is 66.8 Å². The predicted octanol–water partition coefficient (Wildman–Crippen LogP) is 2.84. The van der Waals surface area contributed by atoms with Gasteiger partial charge in [0, 0.05) is 24.2 Å². The van der Waals surface area contributed by atoms with Gasteiger partial charge in [0.2, 0.25) is 0 Å². The van der Waals surface area contributed by atoms with Gasteiger partial charge in [-0.3, -0.25) is 4.79 Å². The van der Waals surface area contributed by atoms with E-state index < -0.39 is 0 Å². The second-order valence-corrected chi connectivity index (χ2v) is 6.28. The van der Waals surface area contributed by atoms with Gasteiger partial charge in [-0.25, -0.2) is 10.4 Å². The summed E-state index contributed by atoms with van der Waals surface area (Å²) < 4.78 is 5.37. The van der Waals surface area contributed by atoms with Crippen LogP contribution in [0.3, 0.4) is 0 Å². The van der Waals surface area contributed by atoms with Crippen LogP contribution >= 0.6 is 0 Å². The number of hydrogen-bond donors (Lipinski definition) is 1. The van der Waals surface area contributed by atoms with Gasteiger partial charge in [-0.1, -0.05) is 36.4 Å². The summed E-state index contributed by atoms with van der Waals surface area (Å²) in [5.41, 5.74) is 5.74. The molecule has 1 fully saturated rings. The minimum atomic E-state index is -0.332. The van der Waals surface area contributed by atoms with Gasteiger partial charge in [0.05, 0.1) is 24.9 Å². The molecule has 1 N–H and O–H groups in total. The molecule has 2 aromatic carbocycles. The zero-order valence-corrected chi connectivity index (χ0v) is 14.8. The molecule has 2 heterocycles. The van der Waals surface area contributed by atoms with Crippen molar-refractivity contribution < 1.29 is 9.53 Å². The van der Waals surface area contributed by atoms with Crippen molar-refractivity contribution in [3.63, 3.8) is 0 Å². The average molecular weight is 360 g/mol. The molecule has 0 atom stereocenters. The molecule has 0 saturated carbocycles. The zero-order valence-electron chi connectivity index (χ0n) is 14.8. The third-order valence-electron chi connectivity index (χ3n) is 4.48. The molecular formula is C21H20N4O2. The smallest absolute Gasteiger partial charge is 0.289 e. The number of pyridine rings is 1. The number of nitrogens with one attached hydrogen (secondary N) is 1. The fraction of sp³-hybridized carbons (Fsp3) is 0.190. The molecule has 27 heavy (non-hydrogen) atoms. The zero-order chi connectivity index (χ0) is 18.5. The van der Waals surface area contributed by atoms with E-state index in [2.05, 4.69) is 32.5 Å². The fourth-order valence-corrected chi connectivity index (χ4v) is 3.01. The number of benzene rings is 2. The number of para-hydroxylation sites is 1. The van der Waals surface area contributed by atoms with Crippen molar-refractivity contribution in [3.8, 4) is 0 Å². The van der Waals surface area contributed by atoms with Crippen LogP contribution in [-0.2, 0) is 4.74 Å². The van der Waals surface area contributed by atoms with Gasteiger partial charge in [0.25, 0.3) is 5.91 Å². The summed E-state index contributed by atoms with van der Waals surface area (Å²) in [6, 6.07) is 19.3. The quantitative estimate of drug-likeness (QED) is 0.574. The van der Waals surface area contributed by atoms with Crippen LogP contribution in [0.2, 0.25) is 0 Å². The van der Waals surface area contributed by atoms with E-state index in [-0.39, 0.29) is 5.91 Å². The van der Waals surface area contributed by atoms with Crippen molar-refractivity contribution in [2.24, 2.45) is 5.10 Å². The summed E-state index contributed by atoms with van der Waals surface area (Å²) in [5.74, 6) is -0.332. The summed E-state index contributed by atoms with van der Waals surface area (Å²) in [4.78, 5) is 18.9. The Morgan fingerprint density at radius 3 is 2.63 bits per heavy atom. The number of carbonyl (C=O) groups is 1. The number of aromatic nitrogens is 1. The summed E-state index contributed by atoms with van der Waals surface area (Å²) in [6.07, 6.45) is 1.63. The summed E-state index contributed by atoms with van der Waals surface area (Å²) in [6.45, 7) is 3.33. The molecular weight excluding hydrogens is 340 g/mol. The highest BCUT2D eigenvalue weighted by Gasteiger charge is 2.10. The SMILES string of the molecule is O=C(N/N=C\c1ccc(N2CCOCC2)cc1)c1ccc2ccccc2n1. The van der Waals surface area contributed by atoms with Crippen molar-refractivity contribution in [1.29, 1.82) is 0 Å². The summed E-state index contributed by atoms with van der Waals surface area (Å²) in [7, 11) is 0. The van der Waals surface area contributed by atoms with E-state index in [0.717, 1.165) is 42.8 Å². The maximum Gasteiger partial charge on any atom is 0.289 e. The molecule has 1 aromatic heterocycles. The largest absolute Gasteiger partial charge is 0.378 e. The molecule has 6 nitrogen and oxygen atoms in total. The highest BCUT2D eigenvalue weighted by Crippen LogP contribution is 2.16. The standard InChI is InChI=1S/C21H20N4O2/c26-21(20-10-7-17-3-1-2-4-19(17)23-20)24-22-15-16-5-8-18(9-6-16)25-11-13-27-14-12-25/h1-10,15H,11-14H2,(H,24,26)/b22-15-. The minimum absolute atomic E-state index is 0.332. The molecule has 1 saturated heterocycles. The predicted molar refractivity (Wildman–Crippen MR) is 106 cm³/mol. The van der Waals surface area contributed by atoms with E-state index >= 15 is 0 Å². The number of anilines is 1. The normalized spacial score (nSPS) is 14.6. The van der Waals surface area contributed by atoms with Crippen molar-refractivity contribution in [2.45, 2.75) is 0 Å². The van der Waals surface area contributed by atoms with Gasteiger partial charge in [-0.05, 0) is 29.8 Å². The molecule has 6 heteroatoms. The molecule has 0 radical (unpaired) electrons. The molecule has 136 valence electrons. The van der Waals surface area contributed by atoms with Gasteiger partial charge in [0.15, 0.2) is 0 Å². The lowest BCUT2D eigenvalue weighted by molar-refractivity contribution is 0.0950. The molecule has 4 rings (SSSR count). The first-order valence-corrected chi connectivity index (χ1v) is 8.91. The number of hydrazone groups is 1. The maximum atomic E-state index is 12.2. The Hall–Kier alpha value is -3.25. The van der Waals surface area contributed by atoms with Crippen LogP contribution in [0.1, 0.15) is 16.1 Å². The molecule has 0 bridgehead atoms. The first-order chi connectivity index (χ1) is 13.3. The molecule has 0 aliphatic carbocycles. The number of morpholine rings is 1. The fourth-order valence-electron chi connectivity index (χ4n) is 3.01. The van der Waals surface area contributed by atoms with Crippen molar-refractivity contribution in [2.75, 3.05) is 31.2 Å². The number of carbonyl (C=O) groups excluding carboxylic acids is 1. The van der Waals surface area contributed by atoms with Crippen LogP contribution in [0.15, 0.2) is 65.8 Å². The molecule has 0 spiro atoms. The van der Waals surface area contributed by atoms with E-state index in [1.165, 1.54) is 5.69 Å². The Morgan fingerprint density at radius 2 is 1.81 bits per heavy atom. The number of amides is 1. The Labute approximate surface area is 157 Å². The van der Waals surface area contributed by atoms with Crippen molar-refractivity contribution >= 4 is 28.7 Å². The Bertz CT molecular complexity index is 963. The molecule has 1 aliphatic heterocycles. The Kier molecular flexibility index (Phi) is 5.07. The third kappa shape index (κ3) is 4.12. The van der Waals surface area contributed by atoms with Crippen molar-refractivity contribution in [1.82, 2.24) is 10.4 Å². The number of ether oxygens (including phenoxy) is 1. The number of rotatable bonds is 4. The van der Waals surface area contributed by atoms with E-state index in [1.807, 2.05) is 42.5 Å². The Balaban J connectivity index is 1.38. The van der Waals surface area contributed by atoms with Crippen LogP contribution < -0.4 is 10.3 Å². The van der Waals surface area contributed by atoms with Crippen LogP contribution in [-0.4, -0.2) is 43.4 Å². The first kappa shape index (κ1) is 17.2. The highest BCUT2D eigenvalue weighted by molar-refractivity contribution is 5.95. The van der Waals surface area contributed by atoms with E-state index in [1.54, 1.807) is 12.3 Å². The lowest BCUT2D eigenvalue weighted by Crippen LogP contribution is -2.36. The van der Waals surface area contributed by atoms with Gasteiger partial charge in [-0.15, -0.1) is 0 Å². The second kappa shape index (κ2) is 7.97.